The fraction of sp³-hybridized carbons (Fsp3) is 0.400. The molecule has 166 valence electrons. The van der Waals surface area contributed by atoms with Gasteiger partial charge in [-0.3, -0.25) is 9.59 Å². The number of ketones is 2. The van der Waals surface area contributed by atoms with Crippen LogP contribution in [0.1, 0.15) is 80.7 Å². The number of hydrogen-bond acceptors (Lipinski definition) is 6. The standard InChI is InChI=1S/C25H25ClN2O4/c26-14-7-5-13-10-15(8-6-12(13)9-14)32-25(31)18-11-19(27)20-21(22(18)28)24(30)17-4-2-1-3-16(17)23(20)29/h1-4,11-15H,5-10,27-28H2. The van der Waals surface area contributed by atoms with E-state index in [1.807, 2.05) is 0 Å². The first-order chi connectivity index (χ1) is 15.3. The lowest BCUT2D eigenvalue weighted by Crippen LogP contribution is -2.35. The molecule has 4 atom stereocenters. The molecule has 2 saturated carbocycles. The first-order valence-corrected chi connectivity index (χ1v) is 11.5. The van der Waals surface area contributed by atoms with E-state index in [9.17, 15) is 14.4 Å². The van der Waals surface area contributed by atoms with Crippen molar-refractivity contribution in [2.45, 2.75) is 50.0 Å². The third-order valence-electron chi connectivity index (χ3n) is 7.26. The SMILES string of the molecule is Nc1cc(C(=O)OC2CCC3CC(Cl)CCC3C2)c(N)c2c1C(=O)c1ccccc1C2=O. The molecule has 2 aromatic rings. The summed E-state index contributed by atoms with van der Waals surface area (Å²) in [4.78, 5) is 39.1. The Bertz CT molecular complexity index is 1150. The average molecular weight is 453 g/mol. The quantitative estimate of drug-likeness (QED) is 0.339. The second kappa shape index (κ2) is 7.93. The number of halogens is 1. The van der Waals surface area contributed by atoms with E-state index >= 15 is 0 Å². The molecular formula is C25H25ClN2O4. The van der Waals surface area contributed by atoms with E-state index in [4.69, 9.17) is 27.8 Å². The topological polar surface area (TPSA) is 112 Å². The summed E-state index contributed by atoms with van der Waals surface area (Å²) in [7, 11) is 0. The number of anilines is 2. The highest BCUT2D eigenvalue weighted by atomic mass is 35.5. The van der Waals surface area contributed by atoms with Gasteiger partial charge in [0.25, 0.3) is 0 Å². The highest BCUT2D eigenvalue weighted by Crippen LogP contribution is 2.43. The zero-order valence-electron chi connectivity index (χ0n) is 17.6. The number of hydrogen-bond donors (Lipinski definition) is 2. The molecule has 3 aliphatic carbocycles. The molecule has 0 saturated heterocycles. The Kier molecular flexibility index (Phi) is 5.20. The Labute approximate surface area is 191 Å². The molecule has 0 spiro atoms. The van der Waals surface area contributed by atoms with E-state index in [1.54, 1.807) is 24.3 Å². The van der Waals surface area contributed by atoms with Crippen molar-refractivity contribution in [3.8, 4) is 0 Å². The number of carbonyl (C=O) groups excluding carboxylic acids is 3. The van der Waals surface area contributed by atoms with Gasteiger partial charge in [0.15, 0.2) is 11.6 Å². The van der Waals surface area contributed by atoms with Crippen molar-refractivity contribution < 1.29 is 19.1 Å². The number of benzene rings is 2. The van der Waals surface area contributed by atoms with Crippen LogP contribution in [0, 0.1) is 11.8 Å². The normalized spacial score (nSPS) is 26.7. The van der Waals surface area contributed by atoms with E-state index in [1.165, 1.54) is 6.07 Å². The number of alkyl halides is 1. The summed E-state index contributed by atoms with van der Waals surface area (Å²) in [6.45, 7) is 0. The Morgan fingerprint density at radius 2 is 1.53 bits per heavy atom. The maximum absolute atomic E-state index is 13.1. The molecule has 2 aromatic carbocycles. The maximum Gasteiger partial charge on any atom is 0.340 e. The Balaban J connectivity index is 1.42. The first-order valence-electron chi connectivity index (χ1n) is 11.1. The van der Waals surface area contributed by atoms with Gasteiger partial charge in [-0.1, -0.05) is 24.3 Å². The predicted octanol–water partition coefficient (Wildman–Crippen LogP) is 4.36. The van der Waals surface area contributed by atoms with Gasteiger partial charge in [0.2, 0.25) is 0 Å². The highest BCUT2D eigenvalue weighted by molar-refractivity contribution is 6.32. The lowest BCUT2D eigenvalue weighted by molar-refractivity contribution is -0.000550. The summed E-state index contributed by atoms with van der Waals surface area (Å²) in [5, 5.41) is 0.249. The summed E-state index contributed by atoms with van der Waals surface area (Å²) < 4.78 is 5.81. The van der Waals surface area contributed by atoms with Crippen molar-refractivity contribution in [2.24, 2.45) is 11.8 Å². The van der Waals surface area contributed by atoms with Crippen LogP contribution in [0.4, 0.5) is 11.4 Å². The number of esters is 1. The zero-order chi connectivity index (χ0) is 22.6. The minimum Gasteiger partial charge on any atom is -0.459 e. The fourth-order valence-corrected chi connectivity index (χ4v) is 5.98. The third-order valence-corrected chi connectivity index (χ3v) is 7.66. The van der Waals surface area contributed by atoms with Crippen LogP contribution in [0.15, 0.2) is 30.3 Å². The van der Waals surface area contributed by atoms with E-state index in [0.29, 0.717) is 11.8 Å². The van der Waals surface area contributed by atoms with Crippen molar-refractivity contribution in [3.05, 3.63) is 58.1 Å². The molecule has 4 unspecified atom stereocenters. The molecule has 0 radical (unpaired) electrons. The molecule has 0 aliphatic heterocycles. The van der Waals surface area contributed by atoms with Crippen molar-refractivity contribution in [2.75, 3.05) is 11.5 Å². The summed E-state index contributed by atoms with van der Waals surface area (Å²) in [6, 6.07) is 7.90. The summed E-state index contributed by atoms with van der Waals surface area (Å²) in [6.07, 6.45) is 5.44. The van der Waals surface area contributed by atoms with Crippen LogP contribution in [-0.4, -0.2) is 29.0 Å². The predicted molar refractivity (Wildman–Crippen MR) is 122 cm³/mol. The number of nitrogen functional groups attached to an aromatic ring is 2. The van der Waals surface area contributed by atoms with Crippen LogP contribution >= 0.6 is 11.6 Å². The fourth-order valence-electron chi connectivity index (χ4n) is 5.63. The van der Waals surface area contributed by atoms with Crippen LogP contribution in [0.25, 0.3) is 0 Å². The molecule has 2 fully saturated rings. The van der Waals surface area contributed by atoms with Crippen LogP contribution in [0.2, 0.25) is 0 Å². The third kappa shape index (κ3) is 3.37. The van der Waals surface area contributed by atoms with Crippen molar-refractivity contribution >= 4 is 40.5 Å². The summed E-state index contributed by atoms with van der Waals surface area (Å²) in [5.41, 5.74) is 13.0. The van der Waals surface area contributed by atoms with Gasteiger partial charge >= 0.3 is 5.97 Å². The monoisotopic (exact) mass is 452 g/mol. The molecule has 0 bridgehead atoms. The minimum atomic E-state index is -0.606. The molecule has 5 rings (SSSR count). The van der Waals surface area contributed by atoms with E-state index in [-0.39, 0.29) is 56.5 Å². The molecule has 0 heterocycles. The Hall–Kier alpha value is -2.86. The summed E-state index contributed by atoms with van der Waals surface area (Å²) in [5.74, 6) is -0.280. The van der Waals surface area contributed by atoms with Crippen LogP contribution in [0.5, 0.6) is 0 Å². The van der Waals surface area contributed by atoms with Gasteiger partial charge in [-0.15, -0.1) is 11.6 Å². The molecule has 0 aromatic heterocycles. The van der Waals surface area contributed by atoms with Crippen molar-refractivity contribution in [1.29, 1.82) is 0 Å². The molecule has 0 amide bonds. The average Bonchev–Trinajstić information content (AvgIpc) is 2.78. The van der Waals surface area contributed by atoms with Crippen LogP contribution < -0.4 is 11.5 Å². The molecule has 4 N–H and O–H groups in total. The maximum atomic E-state index is 13.1. The van der Waals surface area contributed by atoms with Gasteiger partial charge in [-0.25, -0.2) is 4.79 Å². The molecule has 32 heavy (non-hydrogen) atoms. The van der Waals surface area contributed by atoms with Gasteiger partial charge in [0.1, 0.15) is 6.10 Å². The largest absolute Gasteiger partial charge is 0.459 e. The summed E-state index contributed by atoms with van der Waals surface area (Å²) >= 11 is 6.32. The van der Waals surface area contributed by atoms with Crippen molar-refractivity contribution in [1.82, 2.24) is 0 Å². The molecule has 3 aliphatic rings. The van der Waals surface area contributed by atoms with Crippen LogP contribution in [-0.2, 0) is 4.74 Å². The van der Waals surface area contributed by atoms with Gasteiger partial charge in [0.05, 0.1) is 22.4 Å². The number of carbonyl (C=O) groups is 3. The van der Waals surface area contributed by atoms with E-state index < -0.39 is 11.8 Å². The smallest absolute Gasteiger partial charge is 0.340 e. The van der Waals surface area contributed by atoms with Crippen LogP contribution in [0.3, 0.4) is 0 Å². The first kappa shape index (κ1) is 21.0. The lowest BCUT2D eigenvalue weighted by atomic mass is 9.70. The second-order valence-electron chi connectivity index (χ2n) is 9.15. The zero-order valence-corrected chi connectivity index (χ0v) is 18.4. The number of ether oxygens (including phenoxy) is 1. The molecule has 6 nitrogen and oxygen atoms in total. The van der Waals surface area contributed by atoms with E-state index in [0.717, 1.165) is 38.5 Å². The van der Waals surface area contributed by atoms with Gasteiger partial charge in [-0.2, -0.15) is 0 Å². The highest BCUT2D eigenvalue weighted by Gasteiger charge is 2.38. The Morgan fingerprint density at radius 3 is 2.25 bits per heavy atom. The number of fused-ring (bicyclic) bond motifs is 3. The second-order valence-corrected chi connectivity index (χ2v) is 9.77. The van der Waals surface area contributed by atoms with Gasteiger partial charge < -0.3 is 16.2 Å². The number of rotatable bonds is 2. The molecular weight excluding hydrogens is 428 g/mol. The van der Waals surface area contributed by atoms with Gasteiger partial charge in [0, 0.05) is 22.2 Å². The lowest BCUT2D eigenvalue weighted by Gasteiger charge is -2.40. The van der Waals surface area contributed by atoms with Gasteiger partial charge in [-0.05, 0) is 56.4 Å². The minimum absolute atomic E-state index is 0.00945. The molecule has 7 heteroatoms. The van der Waals surface area contributed by atoms with E-state index in [2.05, 4.69) is 0 Å². The Morgan fingerprint density at radius 1 is 0.906 bits per heavy atom. The van der Waals surface area contributed by atoms with Crippen molar-refractivity contribution in [3.63, 3.8) is 0 Å². The number of nitrogens with two attached hydrogens (primary N) is 2.